The van der Waals surface area contributed by atoms with Gasteiger partial charge in [0, 0.05) is 38.8 Å². The third-order valence-corrected chi connectivity index (χ3v) is 5.80. The summed E-state index contributed by atoms with van der Waals surface area (Å²) in [6.07, 6.45) is 3.58. The fourth-order valence-electron chi connectivity index (χ4n) is 4.11. The SMILES string of the molecule is CCC[C@@H](C)Nc1nc(N)nc2cnn(Cc3ccc(CN4CCNCC4)cc3)c(=O)c12. The third-order valence-electron chi connectivity index (χ3n) is 5.80. The van der Waals surface area contributed by atoms with Crippen LogP contribution in [-0.4, -0.2) is 56.9 Å². The Morgan fingerprint density at radius 1 is 1.12 bits per heavy atom. The van der Waals surface area contributed by atoms with Gasteiger partial charge in [0.05, 0.1) is 12.7 Å². The molecule has 1 aliphatic rings. The van der Waals surface area contributed by atoms with Crippen LogP contribution in [0, 0.1) is 0 Å². The minimum atomic E-state index is -0.224. The molecule has 0 radical (unpaired) electrons. The fraction of sp³-hybridized carbons (Fsp3) is 0.478. The molecule has 4 rings (SSSR count). The van der Waals surface area contributed by atoms with Crippen molar-refractivity contribution in [1.29, 1.82) is 0 Å². The zero-order valence-electron chi connectivity index (χ0n) is 18.8. The topological polar surface area (TPSA) is 114 Å². The quantitative estimate of drug-likeness (QED) is 0.490. The van der Waals surface area contributed by atoms with Gasteiger partial charge >= 0.3 is 0 Å². The second-order valence-electron chi connectivity index (χ2n) is 8.47. The normalized spacial score (nSPS) is 15.7. The second-order valence-corrected chi connectivity index (χ2v) is 8.47. The lowest BCUT2D eigenvalue weighted by atomic mass is 10.1. The molecule has 32 heavy (non-hydrogen) atoms. The van der Waals surface area contributed by atoms with Crippen LogP contribution in [0.2, 0.25) is 0 Å². The molecule has 1 atom stereocenters. The van der Waals surface area contributed by atoms with Crippen LogP contribution in [0.3, 0.4) is 0 Å². The average Bonchev–Trinajstić information content (AvgIpc) is 2.77. The van der Waals surface area contributed by atoms with E-state index in [4.69, 9.17) is 5.73 Å². The van der Waals surface area contributed by atoms with Gasteiger partial charge in [-0.05, 0) is 24.5 Å². The molecule has 1 saturated heterocycles. The van der Waals surface area contributed by atoms with E-state index in [9.17, 15) is 4.79 Å². The maximum Gasteiger partial charge on any atom is 0.280 e. The van der Waals surface area contributed by atoms with Crippen molar-refractivity contribution in [2.45, 2.75) is 45.8 Å². The van der Waals surface area contributed by atoms with E-state index in [1.807, 2.05) is 0 Å². The molecule has 1 fully saturated rings. The number of hydrogen-bond acceptors (Lipinski definition) is 8. The maximum absolute atomic E-state index is 13.3. The Bertz CT molecular complexity index is 1110. The van der Waals surface area contributed by atoms with Gasteiger partial charge in [-0.25, -0.2) is 9.67 Å². The van der Waals surface area contributed by atoms with Gasteiger partial charge in [0.1, 0.15) is 16.7 Å². The molecule has 0 spiro atoms. The third kappa shape index (κ3) is 5.23. The molecule has 170 valence electrons. The van der Waals surface area contributed by atoms with Gasteiger partial charge in [-0.3, -0.25) is 9.69 Å². The minimum absolute atomic E-state index is 0.128. The van der Waals surface area contributed by atoms with Gasteiger partial charge in [-0.15, -0.1) is 0 Å². The molecule has 0 saturated carbocycles. The lowest BCUT2D eigenvalue weighted by Crippen LogP contribution is -2.42. The molecule has 9 nitrogen and oxygen atoms in total. The summed E-state index contributed by atoms with van der Waals surface area (Å²) >= 11 is 0. The average molecular weight is 437 g/mol. The summed E-state index contributed by atoms with van der Waals surface area (Å²) in [4.78, 5) is 24.2. The highest BCUT2D eigenvalue weighted by molar-refractivity contribution is 5.88. The highest BCUT2D eigenvalue weighted by atomic mass is 16.1. The molecule has 0 amide bonds. The van der Waals surface area contributed by atoms with Gasteiger partial charge in [0.2, 0.25) is 5.95 Å². The van der Waals surface area contributed by atoms with E-state index in [0.29, 0.717) is 23.3 Å². The first-order valence-electron chi connectivity index (χ1n) is 11.3. The minimum Gasteiger partial charge on any atom is -0.368 e. The number of anilines is 2. The molecular formula is C23H32N8O. The smallest absolute Gasteiger partial charge is 0.280 e. The highest BCUT2D eigenvalue weighted by Crippen LogP contribution is 2.19. The van der Waals surface area contributed by atoms with Crippen molar-refractivity contribution in [3.8, 4) is 0 Å². The Kier molecular flexibility index (Phi) is 6.96. The Labute approximate surface area is 188 Å². The van der Waals surface area contributed by atoms with Crippen LogP contribution >= 0.6 is 0 Å². The summed E-state index contributed by atoms with van der Waals surface area (Å²) in [7, 11) is 0. The first-order chi connectivity index (χ1) is 15.5. The van der Waals surface area contributed by atoms with Crippen molar-refractivity contribution in [1.82, 2.24) is 30.0 Å². The molecule has 1 aliphatic heterocycles. The molecule has 4 N–H and O–H groups in total. The lowest BCUT2D eigenvalue weighted by Gasteiger charge is -2.27. The molecular weight excluding hydrogens is 404 g/mol. The molecule has 9 heteroatoms. The van der Waals surface area contributed by atoms with Crippen LogP contribution in [0.25, 0.3) is 10.9 Å². The van der Waals surface area contributed by atoms with Crippen LogP contribution in [0.5, 0.6) is 0 Å². The van der Waals surface area contributed by atoms with Gasteiger partial charge < -0.3 is 16.4 Å². The number of hydrogen-bond donors (Lipinski definition) is 3. The predicted molar refractivity (Wildman–Crippen MR) is 128 cm³/mol. The van der Waals surface area contributed by atoms with Crippen molar-refractivity contribution in [2.24, 2.45) is 0 Å². The Balaban J connectivity index is 1.56. The number of nitrogens with two attached hydrogens (primary N) is 1. The van der Waals surface area contributed by atoms with E-state index in [-0.39, 0.29) is 17.5 Å². The number of benzene rings is 1. The molecule has 3 heterocycles. The van der Waals surface area contributed by atoms with Gasteiger partial charge in [0.25, 0.3) is 5.56 Å². The summed E-state index contributed by atoms with van der Waals surface area (Å²) in [5.74, 6) is 0.601. The maximum atomic E-state index is 13.3. The Morgan fingerprint density at radius 2 is 1.81 bits per heavy atom. The van der Waals surface area contributed by atoms with Crippen LogP contribution in [0.4, 0.5) is 11.8 Å². The predicted octanol–water partition coefficient (Wildman–Crippen LogP) is 1.82. The van der Waals surface area contributed by atoms with Crippen LogP contribution < -0.4 is 21.9 Å². The number of piperazine rings is 1. The van der Waals surface area contributed by atoms with E-state index < -0.39 is 0 Å². The Hall–Kier alpha value is -3.04. The zero-order valence-corrected chi connectivity index (χ0v) is 18.8. The van der Waals surface area contributed by atoms with E-state index >= 15 is 0 Å². The van der Waals surface area contributed by atoms with Gasteiger partial charge in [-0.2, -0.15) is 10.1 Å². The van der Waals surface area contributed by atoms with E-state index in [2.05, 4.69) is 68.7 Å². The summed E-state index contributed by atoms with van der Waals surface area (Å²) < 4.78 is 1.46. The zero-order chi connectivity index (χ0) is 22.5. The van der Waals surface area contributed by atoms with Crippen molar-refractivity contribution < 1.29 is 0 Å². The van der Waals surface area contributed by atoms with E-state index in [1.165, 1.54) is 10.2 Å². The standard InChI is InChI=1S/C23H32N8O/c1-3-4-16(2)27-21-20-19(28-23(24)29-21)13-26-31(22(20)32)15-18-7-5-17(6-8-18)14-30-11-9-25-10-12-30/h5-8,13,16,25H,3-4,9-12,14-15H2,1-2H3,(H3,24,27,28,29)/t16-/m1/s1. The largest absolute Gasteiger partial charge is 0.368 e. The van der Waals surface area contributed by atoms with Crippen LogP contribution in [0.1, 0.15) is 37.8 Å². The molecule has 3 aromatic rings. The first kappa shape index (κ1) is 22.2. The van der Waals surface area contributed by atoms with Crippen LogP contribution in [-0.2, 0) is 13.1 Å². The molecule has 2 aromatic heterocycles. The van der Waals surface area contributed by atoms with Crippen LogP contribution in [0.15, 0.2) is 35.3 Å². The fourth-order valence-corrected chi connectivity index (χ4v) is 4.11. The monoisotopic (exact) mass is 436 g/mol. The Morgan fingerprint density at radius 3 is 2.50 bits per heavy atom. The van der Waals surface area contributed by atoms with Crippen molar-refractivity contribution in [3.05, 3.63) is 51.9 Å². The summed E-state index contributed by atoms with van der Waals surface area (Å²) in [5.41, 5.74) is 8.39. The van der Waals surface area contributed by atoms with E-state index in [0.717, 1.165) is 51.1 Å². The molecule has 0 unspecified atom stereocenters. The number of nitrogens with one attached hydrogen (secondary N) is 2. The second kappa shape index (κ2) is 10.1. The summed E-state index contributed by atoms with van der Waals surface area (Å²) in [5, 5.41) is 11.5. The van der Waals surface area contributed by atoms with Crippen molar-refractivity contribution in [3.63, 3.8) is 0 Å². The van der Waals surface area contributed by atoms with Crippen molar-refractivity contribution >= 4 is 22.7 Å². The van der Waals surface area contributed by atoms with Crippen molar-refractivity contribution in [2.75, 3.05) is 37.2 Å². The first-order valence-corrected chi connectivity index (χ1v) is 11.3. The van der Waals surface area contributed by atoms with E-state index in [1.54, 1.807) is 6.20 Å². The molecule has 1 aromatic carbocycles. The molecule has 0 bridgehead atoms. The van der Waals surface area contributed by atoms with Gasteiger partial charge in [-0.1, -0.05) is 37.6 Å². The van der Waals surface area contributed by atoms with Gasteiger partial charge in [0.15, 0.2) is 0 Å². The highest BCUT2D eigenvalue weighted by Gasteiger charge is 2.15. The summed E-state index contributed by atoms with van der Waals surface area (Å²) in [6.45, 7) is 9.73. The number of aromatic nitrogens is 4. The lowest BCUT2D eigenvalue weighted by molar-refractivity contribution is 0.233. The number of rotatable bonds is 8. The molecule has 0 aliphatic carbocycles. The number of nitrogen functional groups attached to an aromatic ring is 1. The number of nitrogens with zero attached hydrogens (tertiary/aromatic N) is 5. The summed E-state index contributed by atoms with van der Waals surface area (Å²) in [6, 6.07) is 8.57. The number of fused-ring (bicyclic) bond motifs is 1.